The fourth-order valence-electron chi connectivity index (χ4n) is 2.88. The summed E-state index contributed by atoms with van der Waals surface area (Å²) in [5, 5.41) is 0. The zero-order chi connectivity index (χ0) is 15.8. The molecule has 22 heavy (non-hydrogen) atoms. The third-order valence-electron chi connectivity index (χ3n) is 4.06. The fourth-order valence-corrected chi connectivity index (χ4v) is 5.57. The normalized spacial score (nSPS) is 24.1. The van der Waals surface area contributed by atoms with E-state index in [0.29, 0.717) is 25.0 Å². The molecule has 1 atom stereocenters. The molecule has 1 aromatic carbocycles. The molecule has 1 aromatic rings. The highest BCUT2D eigenvalue weighted by Crippen LogP contribution is 2.27. The first-order valence-electron chi connectivity index (χ1n) is 7.35. The van der Waals surface area contributed by atoms with Gasteiger partial charge in [-0.3, -0.25) is 0 Å². The van der Waals surface area contributed by atoms with Crippen molar-refractivity contribution < 1.29 is 21.6 Å². The number of hydrogen-bond acceptors (Lipinski definition) is 5. The van der Waals surface area contributed by atoms with Gasteiger partial charge in [-0.05, 0) is 49.4 Å². The summed E-state index contributed by atoms with van der Waals surface area (Å²) >= 11 is 0. The molecule has 2 aliphatic rings. The maximum atomic E-state index is 12.3. The maximum Gasteiger partial charge on any atom is 0.240 e. The van der Waals surface area contributed by atoms with Crippen LogP contribution in [0.1, 0.15) is 24.8 Å². The lowest BCUT2D eigenvalue weighted by Gasteiger charge is -2.17. The molecule has 1 N–H and O–H groups in total. The molecule has 0 bridgehead atoms. The molecular weight excluding hydrogens is 326 g/mol. The van der Waals surface area contributed by atoms with Gasteiger partial charge in [0, 0.05) is 13.2 Å². The summed E-state index contributed by atoms with van der Waals surface area (Å²) in [6.07, 6.45) is 2.84. The molecule has 1 fully saturated rings. The minimum Gasteiger partial charge on any atom is -0.377 e. The van der Waals surface area contributed by atoms with E-state index in [2.05, 4.69) is 4.72 Å². The van der Waals surface area contributed by atoms with Gasteiger partial charge in [0.25, 0.3) is 0 Å². The molecule has 1 saturated heterocycles. The Hall–Kier alpha value is -0.960. The first-order chi connectivity index (χ1) is 10.4. The summed E-state index contributed by atoms with van der Waals surface area (Å²) in [6, 6.07) is 4.24. The van der Waals surface area contributed by atoms with Crippen LogP contribution in [0.5, 0.6) is 0 Å². The molecule has 0 aromatic heterocycles. The molecule has 1 unspecified atom stereocenters. The maximum absolute atomic E-state index is 12.3. The Morgan fingerprint density at radius 1 is 1.27 bits per heavy atom. The van der Waals surface area contributed by atoms with Gasteiger partial charge in [-0.15, -0.1) is 0 Å². The molecule has 0 saturated carbocycles. The van der Waals surface area contributed by atoms with E-state index in [1.165, 1.54) is 18.2 Å². The minimum atomic E-state index is -3.64. The first-order valence-corrected chi connectivity index (χ1v) is 10.5. The van der Waals surface area contributed by atoms with E-state index in [1.807, 2.05) is 0 Å². The molecule has 0 aliphatic carbocycles. The van der Waals surface area contributed by atoms with Crippen molar-refractivity contribution in [2.75, 3.05) is 18.9 Å². The molecule has 2 aliphatic heterocycles. The Labute approximate surface area is 130 Å². The predicted octanol–water partition coefficient (Wildman–Crippen LogP) is 0.864. The number of sulfonamides is 1. The second kappa shape index (κ2) is 5.92. The average Bonchev–Trinajstić information content (AvgIpc) is 2.98. The molecule has 0 spiro atoms. The summed E-state index contributed by atoms with van der Waals surface area (Å²) in [5.74, 6) is 0.128. The minimum absolute atomic E-state index is 0.0761. The van der Waals surface area contributed by atoms with Crippen LogP contribution in [0.25, 0.3) is 0 Å². The summed E-state index contributed by atoms with van der Waals surface area (Å²) in [7, 11) is -6.91. The second-order valence-corrected chi connectivity index (χ2v) is 9.52. The van der Waals surface area contributed by atoms with Crippen LogP contribution in [-0.2, 0) is 31.0 Å². The SMILES string of the molecule is O=S1(=O)CCCc2cc(S(=O)(=O)NCC3CCCO3)ccc21. The van der Waals surface area contributed by atoms with E-state index in [-0.39, 0.29) is 28.2 Å². The highest BCUT2D eigenvalue weighted by Gasteiger charge is 2.26. The number of fused-ring (bicyclic) bond motifs is 1. The van der Waals surface area contributed by atoms with E-state index < -0.39 is 19.9 Å². The van der Waals surface area contributed by atoms with E-state index >= 15 is 0 Å². The molecule has 8 heteroatoms. The quantitative estimate of drug-likeness (QED) is 0.874. The van der Waals surface area contributed by atoms with Gasteiger partial charge in [0.2, 0.25) is 10.0 Å². The van der Waals surface area contributed by atoms with Crippen LogP contribution < -0.4 is 4.72 Å². The van der Waals surface area contributed by atoms with E-state index in [4.69, 9.17) is 4.74 Å². The van der Waals surface area contributed by atoms with Crippen molar-refractivity contribution in [1.82, 2.24) is 4.72 Å². The van der Waals surface area contributed by atoms with Crippen molar-refractivity contribution >= 4 is 19.9 Å². The van der Waals surface area contributed by atoms with Gasteiger partial charge in [-0.25, -0.2) is 21.6 Å². The van der Waals surface area contributed by atoms with Gasteiger partial charge in [-0.2, -0.15) is 0 Å². The lowest BCUT2D eigenvalue weighted by atomic mass is 10.1. The van der Waals surface area contributed by atoms with Crippen LogP contribution >= 0.6 is 0 Å². The number of benzene rings is 1. The molecule has 2 heterocycles. The van der Waals surface area contributed by atoms with Crippen LogP contribution in [0.3, 0.4) is 0 Å². The number of rotatable bonds is 4. The lowest BCUT2D eigenvalue weighted by Crippen LogP contribution is -2.32. The topological polar surface area (TPSA) is 89.5 Å². The molecule has 6 nitrogen and oxygen atoms in total. The highest BCUT2D eigenvalue weighted by atomic mass is 32.2. The summed E-state index contributed by atoms with van der Waals surface area (Å²) in [5.41, 5.74) is 0.589. The first kappa shape index (κ1) is 15.9. The van der Waals surface area contributed by atoms with Crippen LogP contribution in [0, 0.1) is 0 Å². The Morgan fingerprint density at radius 3 is 2.82 bits per heavy atom. The van der Waals surface area contributed by atoms with Crippen molar-refractivity contribution in [2.45, 2.75) is 41.6 Å². The van der Waals surface area contributed by atoms with Gasteiger partial charge in [-0.1, -0.05) is 0 Å². The third kappa shape index (κ3) is 3.19. The second-order valence-electron chi connectivity index (χ2n) is 5.68. The highest BCUT2D eigenvalue weighted by molar-refractivity contribution is 7.91. The van der Waals surface area contributed by atoms with Gasteiger partial charge >= 0.3 is 0 Å². The van der Waals surface area contributed by atoms with Crippen LogP contribution in [0.15, 0.2) is 28.0 Å². The van der Waals surface area contributed by atoms with Crippen LogP contribution in [0.2, 0.25) is 0 Å². The van der Waals surface area contributed by atoms with Gasteiger partial charge in [0.1, 0.15) is 0 Å². The van der Waals surface area contributed by atoms with Gasteiger partial charge < -0.3 is 4.74 Å². The summed E-state index contributed by atoms with van der Waals surface area (Å²) in [4.78, 5) is 0.373. The Balaban J connectivity index is 1.82. The Bertz CT molecular complexity index is 764. The third-order valence-corrected chi connectivity index (χ3v) is 7.38. The van der Waals surface area contributed by atoms with Gasteiger partial charge in [0.05, 0.1) is 21.6 Å². The van der Waals surface area contributed by atoms with E-state index in [9.17, 15) is 16.8 Å². The lowest BCUT2D eigenvalue weighted by molar-refractivity contribution is 0.114. The number of hydrogen-bond donors (Lipinski definition) is 1. The van der Waals surface area contributed by atoms with Crippen molar-refractivity contribution in [3.05, 3.63) is 23.8 Å². The van der Waals surface area contributed by atoms with Crippen LogP contribution in [-0.4, -0.2) is 41.8 Å². The molecule has 0 radical (unpaired) electrons. The van der Waals surface area contributed by atoms with E-state index in [0.717, 1.165) is 12.8 Å². The zero-order valence-corrected chi connectivity index (χ0v) is 13.7. The number of aryl methyl sites for hydroxylation is 1. The van der Waals surface area contributed by atoms with Crippen molar-refractivity contribution in [1.29, 1.82) is 0 Å². The smallest absolute Gasteiger partial charge is 0.240 e. The molecule has 0 amide bonds. The fraction of sp³-hybridized carbons (Fsp3) is 0.571. The Morgan fingerprint density at radius 2 is 2.09 bits per heavy atom. The van der Waals surface area contributed by atoms with Crippen molar-refractivity contribution in [2.24, 2.45) is 0 Å². The number of nitrogens with one attached hydrogen (secondary N) is 1. The van der Waals surface area contributed by atoms with Crippen molar-refractivity contribution in [3.63, 3.8) is 0 Å². The molecule has 122 valence electrons. The number of sulfone groups is 1. The summed E-state index contributed by atoms with van der Waals surface area (Å²) < 4.78 is 56.5. The largest absolute Gasteiger partial charge is 0.377 e. The number of ether oxygens (including phenoxy) is 1. The van der Waals surface area contributed by atoms with E-state index in [1.54, 1.807) is 0 Å². The van der Waals surface area contributed by atoms with Gasteiger partial charge in [0.15, 0.2) is 9.84 Å². The standard InChI is InChI=1S/C14H19NO5S2/c16-21(17)8-2-3-11-9-13(5-6-14(11)21)22(18,19)15-10-12-4-1-7-20-12/h5-6,9,12,15H,1-4,7-8,10H2. The summed E-state index contributed by atoms with van der Waals surface area (Å²) in [6.45, 7) is 0.917. The average molecular weight is 345 g/mol. The monoisotopic (exact) mass is 345 g/mol. The molecular formula is C14H19NO5S2. The Kier molecular flexibility index (Phi) is 4.28. The van der Waals surface area contributed by atoms with Crippen molar-refractivity contribution in [3.8, 4) is 0 Å². The predicted molar refractivity (Wildman–Crippen MR) is 81.0 cm³/mol. The zero-order valence-electron chi connectivity index (χ0n) is 12.1. The van der Waals surface area contributed by atoms with Crippen LogP contribution in [0.4, 0.5) is 0 Å². The molecule has 3 rings (SSSR count).